The molecule has 0 atom stereocenters. The van der Waals surface area contributed by atoms with Gasteiger partial charge in [-0.3, -0.25) is 9.59 Å². The summed E-state index contributed by atoms with van der Waals surface area (Å²) in [7, 11) is 2.99. The fourth-order valence-corrected chi connectivity index (χ4v) is 3.77. The standard InChI is InChI=1S/C24H24Br2N4O6/c1-5-7-35-21-17(25)9-15(11-19(21)33-3)13-27-29-23(31)24(32)30-28-14-16-10-18(26)22(36-8-6-2)20(12-16)34-4/h5-6,9-14H,1-2,7-8H2,3-4H3,(H,29,31)(H,30,32)/b27-13-,28-14-. The minimum Gasteiger partial charge on any atom is -0.493 e. The van der Waals surface area contributed by atoms with Crippen molar-refractivity contribution in [3.8, 4) is 23.0 Å². The van der Waals surface area contributed by atoms with Gasteiger partial charge in [-0.15, -0.1) is 0 Å². The molecule has 0 aromatic heterocycles. The molecule has 2 N–H and O–H groups in total. The van der Waals surface area contributed by atoms with Gasteiger partial charge in [-0.25, -0.2) is 10.9 Å². The molecule has 0 spiro atoms. The third-order valence-corrected chi connectivity index (χ3v) is 5.34. The molecule has 12 heteroatoms. The molecule has 0 bridgehead atoms. The molecule has 0 saturated carbocycles. The van der Waals surface area contributed by atoms with E-state index in [0.29, 0.717) is 56.3 Å². The summed E-state index contributed by atoms with van der Waals surface area (Å²) in [6.45, 7) is 7.82. The zero-order chi connectivity index (χ0) is 26.5. The summed E-state index contributed by atoms with van der Waals surface area (Å²) in [5.74, 6) is -0.109. The van der Waals surface area contributed by atoms with Gasteiger partial charge in [-0.05, 0) is 67.3 Å². The fraction of sp³-hybridized carbons (Fsp3) is 0.167. The summed E-state index contributed by atoms with van der Waals surface area (Å²) in [4.78, 5) is 24.0. The number of benzene rings is 2. The number of hydrazone groups is 2. The zero-order valence-corrected chi connectivity index (χ0v) is 22.7. The van der Waals surface area contributed by atoms with Crippen LogP contribution in [0.2, 0.25) is 0 Å². The second kappa shape index (κ2) is 14.7. The number of amides is 2. The van der Waals surface area contributed by atoms with Gasteiger partial charge in [0.05, 0.1) is 35.6 Å². The van der Waals surface area contributed by atoms with E-state index in [4.69, 9.17) is 18.9 Å². The van der Waals surface area contributed by atoms with Gasteiger partial charge in [0.25, 0.3) is 0 Å². The molecule has 0 aliphatic heterocycles. The van der Waals surface area contributed by atoms with E-state index in [1.54, 1.807) is 36.4 Å². The smallest absolute Gasteiger partial charge is 0.331 e. The number of methoxy groups -OCH3 is 2. The summed E-state index contributed by atoms with van der Waals surface area (Å²) in [6, 6.07) is 6.73. The molecule has 10 nitrogen and oxygen atoms in total. The topological polar surface area (TPSA) is 120 Å². The van der Waals surface area contributed by atoms with Crippen molar-refractivity contribution in [3.05, 3.63) is 69.6 Å². The van der Waals surface area contributed by atoms with Crippen molar-refractivity contribution in [2.75, 3.05) is 27.4 Å². The zero-order valence-electron chi connectivity index (χ0n) is 19.5. The highest BCUT2D eigenvalue weighted by molar-refractivity contribution is 9.11. The van der Waals surface area contributed by atoms with Gasteiger partial charge in [0.15, 0.2) is 23.0 Å². The molecule has 2 aromatic rings. The first-order valence-electron chi connectivity index (χ1n) is 10.2. The van der Waals surface area contributed by atoms with Crippen LogP contribution >= 0.6 is 31.9 Å². The van der Waals surface area contributed by atoms with Crippen molar-refractivity contribution in [2.45, 2.75) is 0 Å². The van der Waals surface area contributed by atoms with E-state index in [2.05, 4.69) is 66.1 Å². The third-order valence-electron chi connectivity index (χ3n) is 4.16. The molecule has 36 heavy (non-hydrogen) atoms. The highest BCUT2D eigenvalue weighted by Crippen LogP contribution is 2.37. The Labute approximate surface area is 225 Å². The van der Waals surface area contributed by atoms with Crippen molar-refractivity contribution in [3.63, 3.8) is 0 Å². The lowest BCUT2D eigenvalue weighted by Gasteiger charge is -2.12. The van der Waals surface area contributed by atoms with Crippen LogP contribution in [0.1, 0.15) is 11.1 Å². The van der Waals surface area contributed by atoms with Crippen LogP contribution in [0.15, 0.2) is 68.7 Å². The number of halogens is 2. The maximum Gasteiger partial charge on any atom is 0.331 e. The van der Waals surface area contributed by atoms with Crippen LogP contribution < -0.4 is 29.8 Å². The summed E-state index contributed by atoms with van der Waals surface area (Å²) >= 11 is 6.80. The Morgan fingerprint density at radius 2 is 1.19 bits per heavy atom. The van der Waals surface area contributed by atoms with Crippen LogP contribution in [0.3, 0.4) is 0 Å². The SMILES string of the molecule is C=CCOc1c(Br)cc(/C=N\NC(=O)C(=O)N/N=C\c2cc(Br)c(OCC=C)c(OC)c2)cc1OC. The molecule has 190 valence electrons. The second-order valence-corrected chi connectivity index (χ2v) is 8.37. The number of hydrogen-bond donors (Lipinski definition) is 2. The molecular weight excluding hydrogens is 600 g/mol. The number of carbonyl (C=O) groups is 2. The molecule has 2 rings (SSSR count). The molecule has 0 radical (unpaired) electrons. The minimum atomic E-state index is -1.01. The van der Waals surface area contributed by atoms with Gasteiger partial charge in [-0.1, -0.05) is 25.3 Å². The molecular formula is C24H24Br2N4O6. The van der Waals surface area contributed by atoms with Gasteiger partial charge < -0.3 is 18.9 Å². The molecule has 0 aliphatic carbocycles. The predicted molar refractivity (Wildman–Crippen MR) is 144 cm³/mol. The molecule has 0 saturated heterocycles. The van der Waals surface area contributed by atoms with Gasteiger partial charge in [0, 0.05) is 0 Å². The molecule has 2 amide bonds. The molecule has 0 aliphatic rings. The predicted octanol–water partition coefficient (Wildman–Crippen LogP) is 3.96. The van der Waals surface area contributed by atoms with Crippen LogP contribution in [-0.4, -0.2) is 51.7 Å². The lowest BCUT2D eigenvalue weighted by atomic mass is 10.2. The number of rotatable bonds is 12. The van der Waals surface area contributed by atoms with E-state index >= 15 is 0 Å². The van der Waals surface area contributed by atoms with Crippen LogP contribution in [0, 0.1) is 0 Å². The Balaban J connectivity index is 1.98. The van der Waals surface area contributed by atoms with Crippen molar-refractivity contribution in [1.82, 2.24) is 10.9 Å². The second-order valence-electron chi connectivity index (χ2n) is 6.67. The quantitative estimate of drug-likeness (QED) is 0.160. The fourth-order valence-electron chi connectivity index (χ4n) is 2.63. The van der Waals surface area contributed by atoms with Crippen LogP contribution in [0.25, 0.3) is 0 Å². The van der Waals surface area contributed by atoms with Crippen LogP contribution in [0.5, 0.6) is 23.0 Å². The normalized spacial score (nSPS) is 10.7. The van der Waals surface area contributed by atoms with Gasteiger partial charge >= 0.3 is 11.8 Å². The van der Waals surface area contributed by atoms with E-state index in [-0.39, 0.29) is 0 Å². The lowest BCUT2D eigenvalue weighted by Crippen LogP contribution is -2.35. The number of nitrogens with zero attached hydrogens (tertiary/aromatic N) is 2. The largest absolute Gasteiger partial charge is 0.493 e. The maximum atomic E-state index is 12.0. The maximum absolute atomic E-state index is 12.0. The third kappa shape index (κ3) is 8.24. The van der Waals surface area contributed by atoms with Crippen molar-refractivity contribution in [1.29, 1.82) is 0 Å². The van der Waals surface area contributed by atoms with Crippen molar-refractivity contribution in [2.24, 2.45) is 10.2 Å². The Kier molecular flexibility index (Phi) is 11.7. The number of hydrogen-bond acceptors (Lipinski definition) is 8. The van der Waals surface area contributed by atoms with Gasteiger partial charge in [-0.2, -0.15) is 10.2 Å². The first kappa shape index (κ1) is 28.6. The Morgan fingerprint density at radius 1 is 0.806 bits per heavy atom. The highest BCUT2D eigenvalue weighted by Gasteiger charge is 2.14. The number of ether oxygens (including phenoxy) is 4. The average molecular weight is 624 g/mol. The molecule has 2 aromatic carbocycles. The number of nitrogens with one attached hydrogen (secondary N) is 2. The Bertz CT molecular complexity index is 1090. The molecule has 0 heterocycles. The lowest BCUT2D eigenvalue weighted by molar-refractivity contribution is -0.139. The molecule has 0 fully saturated rings. The van der Waals surface area contributed by atoms with E-state index in [1.165, 1.54) is 26.6 Å². The van der Waals surface area contributed by atoms with E-state index < -0.39 is 11.8 Å². The average Bonchev–Trinajstić information content (AvgIpc) is 2.86. The summed E-state index contributed by atoms with van der Waals surface area (Å²) < 4.78 is 23.0. The monoisotopic (exact) mass is 622 g/mol. The summed E-state index contributed by atoms with van der Waals surface area (Å²) in [5.41, 5.74) is 5.44. The van der Waals surface area contributed by atoms with Gasteiger partial charge in [0.1, 0.15) is 13.2 Å². The molecule has 0 unspecified atom stereocenters. The first-order valence-corrected chi connectivity index (χ1v) is 11.8. The van der Waals surface area contributed by atoms with Crippen LogP contribution in [-0.2, 0) is 9.59 Å². The summed E-state index contributed by atoms with van der Waals surface area (Å²) in [6.07, 6.45) is 5.91. The van der Waals surface area contributed by atoms with Crippen LogP contribution in [0.4, 0.5) is 0 Å². The van der Waals surface area contributed by atoms with E-state index in [0.717, 1.165) is 0 Å². The van der Waals surface area contributed by atoms with Crippen molar-refractivity contribution >= 4 is 56.1 Å². The number of carbonyl (C=O) groups excluding carboxylic acids is 2. The Hall–Kier alpha value is -3.64. The van der Waals surface area contributed by atoms with Crippen molar-refractivity contribution < 1.29 is 28.5 Å². The first-order chi connectivity index (χ1) is 17.3. The highest BCUT2D eigenvalue weighted by atomic mass is 79.9. The van der Waals surface area contributed by atoms with E-state index in [1.807, 2.05) is 0 Å². The van der Waals surface area contributed by atoms with Gasteiger partial charge in [0.2, 0.25) is 0 Å². The minimum absolute atomic E-state index is 0.302. The summed E-state index contributed by atoms with van der Waals surface area (Å²) in [5, 5.41) is 7.58. The Morgan fingerprint density at radius 3 is 1.53 bits per heavy atom. The van der Waals surface area contributed by atoms with E-state index in [9.17, 15) is 9.59 Å².